The average Bonchev–Trinajstić information content (AvgIpc) is 3.04. The first-order chi connectivity index (χ1) is 15.0. The van der Waals surface area contributed by atoms with Crippen molar-refractivity contribution < 1.29 is 28.9 Å². The Morgan fingerprint density at radius 1 is 1.06 bits per heavy atom. The van der Waals surface area contributed by atoms with E-state index in [1.165, 1.54) is 4.90 Å². The van der Waals surface area contributed by atoms with Crippen molar-refractivity contribution >= 4 is 17.4 Å². The Labute approximate surface area is 181 Å². The molecular weight excluding hydrogens is 398 g/mol. The van der Waals surface area contributed by atoms with Gasteiger partial charge in [-0.1, -0.05) is 12.1 Å². The molecule has 2 aromatic rings. The fourth-order valence-electron chi connectivity index (χ4n) is 3.68. The summed E-state index contributed by atoms with van der Waals surface area (Å²) in [5.41, 5.74) is 1.18. The van der Waals surface area contributed by atoms with Crippen LogP contribution in [-0.4, -0.2) is 55.7 Å². The van der Waals surface area contributed by atoms with Crippen LogP contribution < -0.4 is 9.47 Å². The van der Waals surface area contributed by atoms with Crippen molar-refractivity contribution in [2.75, 3.05) is 34.0 Å². The van der Waals surface area contributed by atoms with E-state index in [-0.39, 0.29) is 11.3 Å². The number of Topliss-reactive ketones (excluding diaryl/α,β-unsaturated/α-hetero) is 1. The van der Waals surface area contributed by atoms with Crippen LogP contribution in [-0.2, 0) is 14.3 Å². The minimum absolute atomic E-state index is 0.0554. The molecule has 1 amide bonds. The van der Waals surface area contributed by atoms with Crippen LogP contribution in [0.5, 0.6) is 11.5 Å². The van der Waals surface area contributed by atoms with Crippen LogP contribution >= 0.6 is 0 Å². The summed E-state index contributed by atoms with van der Waals surface area (Å²) < 4.78 is 15.9. The predicted octanol–water partition coefficient (Wildman–Crippen LogP) is 3.55. The molecule has 0 spiro atoms. The first kappa shape index (κ1) is 22.4. The van der Waals surface area contributed by atoms with Crippen molar-refractivity contribution in [2.24, 2.45) is 0 Å². The fourth-order valence-corrected chi connectivity index (χ4v) is 3.68. The van der Waals surface area contributed by atoms with Crippen molar-refractivity contribution in [1.82, 2.24) is 4.90 Å². The number of nitrogens with zero attached hydrogens (tertiary/aromatic N) is 1. The van der Waals surface area contributed by atoms with E-state index in [2.05, 4.69) is 0 Å². The van der Waals surface area contributed by atoms with E-state index in [1.807, 2.05) is 13.0 Å². The molecule has 3 rings (SSSR count). The zero-order chi connectivity index (χ0) is 22.4. The molecule has 1 aliphatic rings. The lowest BCUT2D eigenvalue weighted by molar-refractivity contribution is -0.140. The van der Waals surface area contributed by atoms with Gasteiger partial charge in [0.05, 0.1) is 25.3 Å². The number of aliphatic hydroxyl groups is 1. The second kappa shape index (κ2) is 10.1. The highest BCUT2D eigenvalue weighted by Gasteiger charge is 2.45. The minimum atomic E-state index is -0.724. The number of hydrogen-bond donors (Lipinski definition) is 1. The number of aliphatic hydroxyl groups excluding tert-OH is 1. The molecule has 1 N–H and O–H groups in total. The highest BCUT2D eigenvalue weighted by molar-refractivity contribution is 6.46. The highest BCUT2D eigenvalue weighted by Crippen LogP contribution is 2.40. The third-order valence-corrected chi connectivity index (χ3v) is 5.14. The quantitative estimate of drug-likeness (QED) is 0.286. The number of hydrogen-bond acceptors (Lipinski definition) is 6. The fraction of sp³-hybridized carbons (Fsp3) is 0.333. The SMILES string of the molecule is CCOc1ccc(C(O)=C2C(=O)C(=O)N(CCCOC)[C@@H]2c2cccc(OC)c2)cc1. The van der Waals surface area contributed by atoms with Gasteiger partial charge in [-0.25, -0.2) is 0 Å². The van der Waals surface area contributed by atoms with E-state index in [4.69, 9.17) is 14.2 Å². The van der Waals surface area contributed by atoms with Crippen LogP contribution in [0.1, 0.15) is 30.5 Å². The summed E-state index contributed by atoms with van der Waals surface area (Å²) in [7, 11) is 3.13. The number of ketones is 1. The lowest BCUT2D eigenvalue weighted by Crippen LogP contribution is -2.31. The van der Waals surface area contributed by atoms with Crippen molar-refractivity contribution in [3.8, 4) is 11.5 Å². The number of benzene rings is 2. The van der Waals surface area contributed by atoms with Crippen LogP contribution in [0.2, 0.25) is 0 Å². The van der Waals surface area contributed by atoms with Gasteiger partial charge in [-0.15, -0.1) is 0 Å². The van der Waals surface area contributed by atoms with Gasteiger partial charge < -0.3 is 24.2 Å². The van der Waals surface area contributed by atoms with Gasteiger partial charge in [0.1, 0.15) is 17.3 Å². The summed E-state index contributed by atoms with van der Waals surface area (Å²) in [6.07, 6.45) is 0.563. The predicted molar refractivity (Wildman–Crippen MR) is 116 cm³/mol. The Balaban J connectivity index is 2.08. The molecule has 7 heteroatoms. The first-order valence-electron chi connectivity index (χ1n) is 10.2. The van der Waals surface area contributed by atoms with E-state index in [1.54, 1.807) is 56.7 Å². The number of ether oxygens (including phenoxy) is 3. The number of likely N-dealkylation sites (tertiary alicyclic amines) is 1. The Kier molecular flexibility index (Phi) is 7.31. The molecule has 1 aliphatic heterocycles. The second-order valence-corrected chi connectivity index (χ2v) is 7.07. The lowest BCUT2D eigenvalue weighted by atomic mass is 9.95. The molecule has 0 unspecified atom stereocenters. The smallest absolute Gasteiger partial charge is 0.295 e. The summed E-state index contributed by atoms with van der Waals surface area (Å²) in [4.78, 5) is 27.3. The van der Waals surface area contributed by atoms with Gasteiger partial charge >= 0.3 is 0 Å². The van der Waals surface area contributed by atoms with Crippen molar-refractivity contribution in [3.63, 3.8) is 0 Å². The molecule has 0 saturated carbocycles. The molecule has 2 aromatic carbocycles. The minimum Gasteiger partial charge on any atom is -0.507 e. The van der Waals surface area contributed by atoms with Gasteiger partial charge in [0.15, 0.2) is 0 Å². The van der Waals surface area contributed by atoms with Crippen molar-refractivity contribution in [1.29, 1.82) is 0 Å². The second-order valence-electron chi connectivity index (χ2n) is 7.07. The lowest BCUT2D eigenvalue weighted by Gasteiger charge is -2.25. The number of methoxy groups -OCH3 is 2. The third kappa shape index (κ3) is 4.72. The molecule has 0 bridgehead atoms. The summed E-state index contributed by atoms with van der Waals surface area (Å²) in [5.74, 6) is -0.319. The van der Waals surface area contributed by atoms with Crippen LogP contribution in [0.3, 0.4) is 0 Å². The average molecular weight is 425 g/mol. The molecular formula is C24H27NO6. The maximum atomic E-state index is 13.0. The largest absolute Gasteiger partial charge is 0.507 e. The summed E-state index contributed by atoms with van der Waals surface area (Å²) in [6, 6.07) is 13.2. The number of rotatable bonds is 9. The normalized spacial score (nSPS) is 17.8. The van der Waals surface area contributed by atoms with Crippen LogP contribution in [0.25, 0.3) is 5.76 Å². The van der Waals surface area contributed by atoms with Crippen LogP contribution in [0.15, 0.2) is 54.1 Å². The van der Waals surface area contributed by atoms with Gasteiger partial charge in [-0.2, -0.15) is 0 Å². The standard InChI is InChI=1S/C24H27NO6/c1-4-31-18-11-9-16(10-12-18)22(26)20-21(17-7-5-8-19(15-17)30-3)25(13-6-14-29-2)24(28)23(20)27/h5,7-12,15,21,26H,4,6,13-14H2,1-3H3/t21-/m1/s1. The molecule has 1 atom stereocenters. The third-order valence-electron chi connectivity index (χ3n) is 5.14. The Morgan fingerprint density at radius 3 is 2.45 bits per heavy atom. The van der Waals surface area contributed by atoms with Crippen LogP contribution in [0, 0.1) is 0 Å². The molecule has 31 heavy (non-hydrogen) atoms. The van der Waals surface area contributed by atoms with Gasteiger partial charge in [0.2, 0.25) is 0 Å². The number of carbonyl (C=O) groups is 2. The van der Waals surface area contributed by atoms with Crippen molar-refractivity contribution in [3.05, 3.63) is 65.2 Å². The van der Waals surface area contributed by atoms with Gasteiger partial charge in [0.25, 0.3) is 11.7 Å². The van der Waals surface area contributed by atoms with Crippen LogP contribution in [0.4, 0.5) is 0 Å². The number of carbonyl (C=O) groups excluding carboxylic acids is 2. The first-order valence-corrected chi connectivity index (χ1v) is 10.2. The van der Waals surface area contributed by atoms with Gasteiger partial charge in [-0.05, 0) is 55.3 Å². The van der Waals surface area contributed by atoms with E-state index >= 15 is 0 Å². The zero-order valence-corrected chi connectivity index (χ0v) is 18.0. The molecule has 1 saturated heterocycles. The molecule has 1 fully saturated rings. The number of amides is 1. The maximum Gasteiger partial charge on any atom is 0.295 e. The monoisotopic (exact) mass is 425 g/mol. The van der Waals surface area contributed by atoms with Gasteiger partial charge in [-0.3, -0.25) is 9.59 Å². The molecule has 7 nitrogen and oxygen atoms in total. The van der Waals surface area contributed by atoms with E-state index in [9.17, 15) is 14.7 Å². The summed E-state index contributed by atoms with van der Waals surface area (Å²) in [6.45, 7) is 3.17. The van der Waals surface area contributed by atoms with E-state index in [0.29, 0.717) is 48.8 Å². The summed E-state index contributed by atoms with van der Waals surface area (Å²) in [5, 5.41) is 11.1. The Morgan fingerprint density at radius 2 is 1.81 bits per heavy atom. The molecule has 1 heterocycles. The maximum absolute atomic E-state index is 13.0. The molecule has 0 aliphatic carbocycles. The highest BCUT2D eigenvalue weighted by atomic mass is 16.5. The Bertz CT molecular complexity index is 966. The molecule has 0 aromatic heterocycles. The van der Waals surface area contributed by atoms with Gasteiger partial charge in [0, 0.05) is 25.8 Å². The zero-order valence-electron chi connectivity index (χ0n) is 18.0. The summed E-state index contributed by atoms with van der Waals surface area (Å²) >= 11 is 0. The Hall–Kier alpha value is -3.32. The molecule has 0 radical (unpaired) electrons. The topological polar surface area (TPSA) is 85.3 Å². The molecule has 164 valence electrons. The van der Waals surface area contributed by atoms with Crippen molar-refractivity contribution in [2.45, 2.75) is 19.4 Å². The van der Waals surface area contributed by atoms with E-state index < -0.39 is 17.7 Å². The van der Waals surface area contributed by atoms with E-state index in [0.717, 1.165) is 0 Å².